The van der Waals surface area contributed by atoms with Gasteiger partial charge in [-0.3, -0.25) is 13.9 Å². The number of aromatic hydroxyl groups is 1. The number of anilines is 1. The van der Waals surface area contributed by atoms with Crippen LogP contribution in [-0.4, -0.2) is 60.2 Å². The number of benzene rings is 2. The van der Waals surface area contributed by atoms with E-state index in [1.165, 1.54) is 45.5 Å². The average molecular weight is 453 g/mol. The topological polar surface area (TPSA) is 121 Å². The maximum absolute atomic E-state index is 12.9. The number of carbonyl (C=O) groups excluding carboxylic acids is 1. The number of amides is 1. The van der Waals surface area contributed by atoms with E-state index in [9.17, 15) is 18.3 Å². The molecule has 11 heteroatoms. The van der Waals surface area contributed by atoms with Crippen LogP contribution in [-0.2, 0) is 19.1 Å². The molecule has 2 aromatic rings. The molecule has 3 rings (SSSR count). The highest BCUT2D eigenvalue weighted by Crippen LogP contribution is 2.48. The molecule has 0 radical (unpaired) electrons. The molecule has 1 fully saturated rings. The summed E-state index contributed by atoms with van der Waals surface area (Å²) in [6.07, 6.45) is -0.438. The van der Waals surface area contributed by atoms with Crippen LogP contribution in [0.5, 0.6) is 28.7 Å². The Balaban J connectivity index is 2.12. The van der Waals surface area contributed by atoms with Gasteiger partial charge in [-0.15, -0.1) is 0 Å². The molecular formula is C20H23NO9S. The van der Waals surface area contributed by atoms with E-state index in [2.05, 4.69) is 0 Å². The van der Waals surface area contributed by atoms with Crippen LogP contribution in [0.15, 0.2) is 30.3 Å². The second-order valence-electron chi connectivity index (χ2n) is 6.69. The Morgan fingerprint density at radius 3 is 1.94 bits per heavy atom. The highest BCUT2D eigenvalue weighted by atomic mass is 32.2. The van der Waals surface area contributed by atoms with E-state index in [1.54, 1.807) is 18.2 Å². The van der Waals surface area contributed by atoms with Crippen LogP contribution in [0.3, 0.4) is 0 Å². The zero-order valence-electron chi connectivity index (χ0n) is 17.6. The minimum atomic E-state index is -3.93. The van der Waals surface area contributed by atoms with E-state index in [0.717, 1.165) is 6.26 Å². The third-order valence-electron chi connectivity index (χ3n) is 4.80. The molecule has 2 atom stereocenters. The first-order chi connectivity index (χ1) is 14.6. The molecule has 31 heavy (non-hydrogen) atoms. The normalized spacial score (nSPS) is 18.4. The molecule has 0 spiro atoms. The predicted octanol–water partition coefficient (Wildman–Crippen LogP) is 1.86. The molecule has 1 amide bonds. The maximum Gasteiger partial charge on any atom is 0.265 e. The summed E-state index contributed by atoms with van der Waals surface area (Å²) in [5.74, 6) is 0.447. The lowest BCUT2D eigenvalue weighted by atomic mass is 9.89. The Kier molecular flexibility index (Phi) is 6.18. The summed E-state index contributed by atoms with van der Waals surface area (Å²) in [6, 6.07) is 6.79. The maximum atomic E-state index is 12.9. The lowest BCUT2D eigenvalue weighted by Gasteiger charge is -2.46. The summed E-state index contributed by atoms with van der Waals surface area (Å²) in [5, 5.41) is 10.2. The number of hydrogen-bond acceptors (Lipinski definition) is 9. The highest BCUT2D eigenvalue weighted by Gasteiger charge is 2.52. The number of phenolic OH excluding ortho intramolecular Hbond substituents is 1. The molecule has 0 saturated carbocycles. The minimum absolute atomic E-state index is 0.165. The quantitative estimate of drug-likeness (QED) is 0.471. The van der Waals surface area contributed by atoms with Crippen LogP contribution in [0, 0.1) is 0 Å². The number of carbonyl (C=O) groups is 1. The summed E-state index contributed by atoms with van der Waals surface area (Å²) in [4.78, 5) is 14.3. The van der Waals surface area contributed by atoms with Crippen molar-refractivity contribution in [1.82, 2.24) is 0 Å². The molecule has 1 aliphatic heterocycles. The number of ether oxygens (including phenoxy) is 4. The van der Waals surface area contributed by atoms with Gasteiger partial charge in [-0.05, 0) is 17.7 Å². The monoisotopic (exact) mass is 453 g/mol. The van der Waals surface area contributed by atoms with Crippen LogP contribution in [0.4, 0.5) is 5.69 Å². The van der Waals surface area contributed by atoms with Crippen molar-refractivity contribution in [2.75, 3.05) is 39.6 Å². The van der Waals surface area contributed by atoms with E-state index in [-0.39, 0.29) is 11.5 Å². The Bertz CT molecular complexity index is 1070. The van der Waals surface area contributed by atoms with Crippen molar-refractivity contribution >= 4 is 21.7 Å². The first-order valence-corrected chi connectivity index (χ1v) is 10.8. The summed E-state index contributed by atoms with van der Waals surface area (Å²) in [7, 11) is 1.80. The Labute approximate surface area is 180 Å². The summed E-state index contributed by atoms with van der Waals surface area (Å²) >= 11 is 0. The van der Waals surface area contributed by atoms with Crippen molar-refractivity contribution in [3.05, 3.63) is 35.9 Å². The first-order valence-electron chi connectivity index (χ1n) is 9.03. The fourth-order valence-corrected chi connectivity index (χ4v) is 4.02. The lowest BCUT2D eigenvalue weighted by molar-refractivity contribution is -0.134. The molecule has 1 aliphatic rings. The van der Waals surface area contributed by atoms with Gasteiger partial charge in [0.1, 0.15) is 0 Å². The van der Waals surface area contributed by atoms with E-state index in [4.69, 9.17) is 23.1 Å². The number of methoxy groups -OCH3 is 4. The van der Waals surface area contributed by atoms with Gasteiger partial charge in [0.05, 0.1) is 46.4 Å². The third-order valence-corrected chi connectivity index (χ3v) is 5.35. The average Bonchev–Trinajstić information content (AvgIpc) is 2.73. The molecular weight excluding hydrogens is 430 g/mol. The van der Waals surface area contributed by atoms with Gasteiger partial charge in [-0.25, -0.2) is 0 Å². The summed E-state index contributed by atoms with van der Waals surface area (Å²) < 4.78 is 49.6. The van der Waals surface area contributed by atoms with Gasteiger partial charge >= 0.3 is 0 Å². The van der Waals surface area contributed by atoms with Crippen LogP contribution >= 0.6 is 0 Å². The van der Waals surface area contributed by atoms with E-state index < -0.39 is 28.2 Å². The molecule has 168 valence electrons. The Hall–Kier alpha value is -3.18. The van der Waals surface area contributed by atoms with Gasteiger partial charge in [-0.1, -0.05) is 6.07 Å². The highest BCUT2D eigenvalue weighted by molar-refractivity contribution is 7.86. The van der Waals surface area contributed by atoms with Gasteiger partial charge in [0.25, 0.3) is 16.0 Å². The van der Waals surface area contributed by atoms with Gasteiger partial charge in [0, 0.05) is 12.1 Å². The third kappa shape index (κ3) is 4.19. The van der Waals surface area contributed by atoms with Gasteiger partial charge < -0.3 is 24.1 Å². The Morgan fingerprint density at radius 2 is 1.48 bits per heavy atom. The molecule has 1 saturated heterocycles. The first kappa shape index (κ1) is 22.5. The Morgan fingerprint density at radius 1 is 0.903 bits per heavy atom. The summed E-state index contributed by atoms with van der Waals surface area (Å²) in [6.45, 7) is 0. The number of hydrogen-bond donors (Lipinski definition) is 1. The van der Waals surface area contributed by atoms with Crippen molar-refractivity contribution in [2.24, 2.45) is 0 Å². The fourth-order valence-electron chi connectivity index (χ4n) is 3.45. The number of nitrogens with zero attached hydrogens (tertiary/aromatic N) is 1. The molecule has 1 N–H and O–H groups in total. The van der Waals surface area contributed by atoms with Gasteiger partial charge in [0.15, 0.2) is 29.1 Å². The van der Waals surface area contributed by atoms with Crippen molar-refractivity contribution in [1.29, 1.82) is 0 Å². The fraction of sp³-hybridized carbons (Fsp3) is 0.350. The molecule has 1 unspecified atom stereocenters. The van der Waals surface area contributed by atoms with E-state index in [0.29, 0.717) is 28.5 Å². The number of phenols is 1. The summed E-state index contributed by atoms with van der Waals surface area (Å²) in [5.41, 5.74) is 0.813. The minimum Gasteiger partial charge on any atom is -0.504 e. The van der Waals surface area contributed by atoms with Crippen LogP contribution < -0.4 is 23.8 Å². The smallest absolute Gasteiger partial charge is 0.265 e. The van der Waals surface area contributed by atoms with E-state index in [1.807, 2.05) is 0 Å². The zero-order chi connectivity index (χ0) is 22.9. The van der Waals surface area contributed by atoms with Crippen molar-refractivity contribution < 1.29 is 41.4 Å². The van der Waals surface area contributed by atoms with Crippen molar-refractivity contribution in [3.8, 4) is 28.7 Å². The van der Waals surface area contributed by atoms with Gasteiger partial charge in [-0.2, -0.15) is 8.42 Å². The molecule has 0 aliphatic carbocycles. The molecule has 1 heterocycles. The molecule has 10 nitrogen and oxygen atoms in total. The number of rotatable bonds is 8. The largest absolute Gasteiger partial charge is 0.504 e. The van der Waals surface area contributed by atoms with Crippen LogP contribution in [0.2, 0.25) is 0 Å². The van der Waals surface area contributed by atoms with Crippen LogP contribution in [0.25, 0.3) is 0 Å². The molecule has 2 aromatic carbocycles. The standard InChI is InChI=1S/C20H23NO9S/c1-26-14-7-6-11(8-13(14)22)17-19(30-31(5,24)25)20(23)21(17)12-9-15(27-2)18(29-4)16(10-12)28-3/h6-10,17,19,22H,1-5H3/t17-,19?/m0/s1. The molecule has 0 aromatic heterocycles. The van der Waals surface area contributed by atoms with Crippen molar-refractivity contribution in [3.63, 3.8) is 0 Å². The molecule has 0 bridgehead atoms. The lowest BCUT2D eigenvalue weighted by Crippen LogP contribution is -2.60. The van der Waals surface area contributed by atoms with Gasteiger partial charge in [0.2, 0.25) is 5.75 Å². The second kappa shape index (κ2) is 8.52. The predicted molar refractivity (Wildman–Crippen MR) is 111 cm³/mol. The zero-order valence-corrected chi connectivity index (χ0v) is 18.4. The second-order valence-corrected chi connectivity index (χ2v) is 8.29. The van der Waals surface area contributed by atoms with E-state index >= 15 is 0 Å². The van der Waals surface area contributed by atoms with Crippen LogP contribution in [0.1, 0.15) is 11.6 Å². The van der Waals surface area contributed by atoms with Crippen molar-refractivity contribution in [2.45, 2.75) is 12.1 Å². The number of β-lactam (4-membered cyclic amide) rings is 1. The SMILES string of the molecule is COc1ccc([C@H]2C(OS(C)(=O)=O)C(=O)N2c2cc(OC)c(OC)c(OC)c2)cc1O.